The molecule has 2 aromatic rings. The standard InChI is InChI=1S/C25H31N3O7/c1-7-34-20-11-15-16-10-14(35-13(2)29)8-9-18(16)26-22(17(15)12-19(20)30-3)21-23(31-4)27-25(33-6)28-24(21)32-5/h11-12,14,16,18H,7-10H2,1-6H3/t14-,16-,18-/m1/s1. The summed E-state index contributed by atoms with van der Waals surface area (Å²) in [5, 5.41) is 0. The van der Waals surface area contributed by atoms with Crippen LogP contribution in [0.2, 0.25) is 0 Å². The summed E-state index contributed by atoms with van der Waals surface area (Å²) in [6, 6.07) is 4.00. The lowest BCUT2D eigenvalue weighted by molar-refractivity contribution is -0.148. The second-order valence-electron chi connectivity index (χ2n) is 8.32. The van der Waals surface area contributed by atoms with Gasteiger partial charge in [-0.15, -0.1) is 0 Å². The van der Waals surface area contributed by atoms with Crippen molar-refractivity contribution in [3.8, 4) is 29.3 Å². The molecule has 0 saturated heterocycles. The summed E-state index contributed by atoms with van der Waals surface area (Å²) in [5.41, 5.74) is 3.04. The second kappa shape index (κ2) is 10.4. The van der Waals surface area contributed by atoms with E-state index >= 15 is 0 Å². The highest BCUT2D eigenvalue weighted by molar-refractivity contribution is 6.17. The van der Waals surface area contributed by atoms with E-state index in [1.807, 2.05) is 19.1 Å². The van der Waals surface area contributed by atoms with E-state index < -0.39 is 0 Å². The molecule has 1 aliphatic heterocycles. The number of carbonyl (C=O) groups is 1. The predicted molar refractivity (Wildman–Crippen MR) is 127 cm³/mol. The van der Waals surface area contributed by atoms with Crippen LogP contribution < -0.4 is 23.7 Å². The van der Waals surface area contributed by atoms with Crippen LogP contribution >= 0.6 is 0 Å². The number of hydrogen-bond donors (Lipinski definition) is 0. The van der Waals surface area contributed by atoms with Crippen molar-refractivity contribution in [3.63, 3.8) is 0 Å². The van der Waals surface area contributed by atoms with Crippen LogP contribution in [0.25, 0.3) is 0 Å². The molecule has 0 spiro atoms. The maximum absolute atomic E-state index is 11.6. The maximum atomic E-state index is 11.6. The summed E-state index contributed by atoms with van der Waals surface area (Å²) in [4.78, 5) is 25.5. The minimum Gasteiger partial charge on any atom is -0.493 e. The molecule has 10 nitrogen and oxygen atoms in total. The first-order valence-electron chi connectivity index (χ1n) is 11.6. The van der Waals surface area contributed by atoms with E-state index in [1.54, 1.807) is 7.11 Å². The molecule has 1 aromatic carbocycles. The molecule has 1 fully saturated rings. The molecule has 2 aliphatic rings. The van der Waals surface area contributed by atoms with Gasteiger partial charge in [-0.05, 0) is 43.9 Å². The molecule has 0 unspecified atom stereocenters. The number of hydrogen-bond acceptors (Lipinski definition) is 10. The Morgan fingerprint density at radius 1 is 0.971 bits per heavy atom. The van der Waals surface area contributed by atoms with E-state index in [4.69, 9.17) is 33.4 Å². The number of rotatable bonds is 8. The van der Waals surface area contributed by atoms with Gasteiger partial charge in [0.05, 0.1) is 46.8 Å². The Kier molecular flexibility index (Phi) is 7.28. The van der Waals surface area contributed by atoms with Crippen molar-refractivity contribution in [2.75, 3.05) is 35.0 Å². The van der Waals surface area contributed by atoms with Crippen molar-refractivity contribution in [1.82, 2.24) is 9.97 Å². The normalized spacial score (nSPS) is 20.6. The molecule has 1 saturated carbocycles. The molecule has 0 bridgehead atoms. The number of fused-ring (bicyclic) bond motifs is 3. The van der Waals surface area contributed by atoms with Crippen molar-refractivity contribution in [3.05, 3.63) is 28.8 Å². The topological polar surface area (TPSA) is 111 Å². The molecular weight excluding hydrogens is 454 g/mol. The summed E-state index contributed by atoms with van der Waals surface area (Å²) in [6.45, 7) is 3.86. The number of aromatic nitrogens is 2. The average Bonchev–Trinajstić information content (AvgIpc) is 2.87. The number of ether oxygens (including phenoxy) is 6. The first-order valence-corrected chi connectivity index (χ1v) is 11.6. The summed E-state index contributed by atoms with van der Waals surface area (Å²) in [6.07, 6.45) is 1.99. The van der Waals surface area contributed by atoms with E-state index in [9.17, 15) is 4.79 Å². The van der Waals surface area contributed by atoms with Gasteiger partial charge in [0.25, 0.3) is 0 Å². The van der Waals surface area contributed by atoms with E-state index in [0.29, 0.717) is 47.6 Å². The van der Waals surface area contributed by atoms with Crippen molar-refractivity contribution >= 4 is 11.7 Å². The average molecular weight is 486 g/mol. The Balaban J connectivity index is 1.92. The van der Waals surface area contributed by atoms with E-state index in [2.05, 4.69) is 9.97 Å². The molecule has 1 aliphatic carbocycles. The highest BCUT2D eigenvalue weighted by Crippen LogP contribution is 2.47. The summed E-state index contributed by atoms with van der Waals surface area (Å²) in [5.74, 6) is 1.57. The molecule has 188 valence electrons. The minimum atomic E-state index is -0.275. The number of methoxy groups -OCH3 is 4. The molecule has 0 radical (unpaired) electrons. The Hall–Kier alpha value is -3.56. The highest BCUT2D eigenvalue weighted by atomic mass is 16.5. The number of carbonyl (C=O) groups excluding carboxylic acids is 1. The van der Waals surface area contributed by atoms with Gasteiger partial charge in [0.1, 0.15) is 11.7 Å². The van der Waals surface area contributed by atoms with Gasteiger partial charge in [-0.1, -0.05) is 0 Å². The van der Waals surface area contributed by atoms with Crippen LogP contribution in [0, 0.1) is 0 Å². The van der Waals surface area contributed by atoms with Crippen LogP contribution in [-0.4, -0.2) is 68.8 Å². The smallest absolute Gasteiger partial charge is 0.322 e. The van der Waals surface area contributed by atoms with Gasteiger partial charge in [-0.3, -0.25) is 9.79 Å². The van der Waals surface area contributed by atoms with Crippen LogP contribution in [-0.2, 0) is 9.53 Å². The zero-order chi connectivity index (χ0) is 25.1. The molecule has 2 heterocycles. The highest BCUT2D eigenvalue weighted by Gasteiger charge is 2.40. The number of nitrogens with zero attached hydrogens (tertiary/aromatic N) is 3. The van der Waals surface area contributed by atoms with Crippen LogP contribution in [0.1, 0.15) is 55.7 Å². The molecule has 0 amide bonds. The zero-order valence-electron chi connectivity index (χ0n) is 20.9. The first-order chi connectivity index (χ1) is 16.9. The number of esters is 1. The van der Waals surface area contributed by atoms with Gasteiger partial charge >= 0.3 is 12.0 Å². The van der Waals surface area contributed by atoms with Gasteiger partial charge in [0, 0.05) is 18.4 Å². The molecule has 10 heteroatoms. The van der Waals surface area contributed by atoms with Crippen molar-refractivity contribution < 1.29 is 33.2 Å². The third-order valence-electron chi connectivity index (χ3n) is 6.31. The largest absolute Gasteiger partial charge is 0.493 e. The fourth-order valence-electron chi connectivity index (χ4n) is 4.89. The van der Waals surface area contributed by atoms with Gasteiger partial charge in [0.15, 0.2) is 11.5 Å². The third kappa shape index (κ3) is 4.69. The van der Waals surface area contributed by atoms with Crippen LogP contribution in [0.5, 0.6) is 29.3 Å². The third-order valence-corrected chi connectivity index (χ3v) is 6.31. The summed E-state index contributed by atoms with van der Waals surface area (Å²) in [7, 11) is 6.14. The Morgan fingerprint density at radius 2 is 1.69 bits per heavy atom. The van der Waals surface area contributed by atoms with Crippen LogP contribution in [0.3, 0.4) is 0 Å². The number of aliphatic imine (C=N–C) groups is 1. The van der Waals surface area contributed by atoms with Crippen LogP contribution in [0.15, 0.2) is 17.1 Å². The van der Waals surface area contributed by atoms with Gasteiger partial charge in [-0.2, -0.15) is 9.97 Å². The monoisotopic (exact) mass is 485 g/mol. The van der Waals surface area contributed by atoms with E-state index in [-0.39, 0.29) is 30.0 Å². The summed E-state index contributed by atoms with van der Waals surface area (Å²) < 4.78 is 33.5. The molecule has 1 aromatic heterocycles. The van der Waals surface area contributed by atoms with Crippen LogP contribution in [0.4, 0.5) is 0 Å². The Labute approximate surface area is 204 Å². The number of benzene rings is 1. The van der Waals surface area contributed by atoms with Gasteiger partial charge in [0.2, 0.25) is 11.8 Å². The minimum absolute atomic E-state index is 0.0353. The SMILES string of the molecule is CCOc1cc2c(cc1OC)C(c1c(OC)nc(OC)nc1OC)=N[C@@H]1CC[C@@H](OC(C)=O)C[C@H]21. The molecule has 3 atom stereocenters. The Bertz CT molecular complexity index is 1110. The lowest BCUT2D eigenvalue weighted by Crippen LogP contribution is -2.36. The lowest BCUT2D eigenvalue weighted by Gasteiger charge is -2.38. The van der Waals surface area contributed by atoms with E-state index in [1.165, 1.54) is 28.3 Å². The maximum Gasteiger partial charge on any atom is 0.322 e. The fraction of sp³-hybridized carbons (Fsp3) is 0.520. The van der Waals surface area contributed by atoms with Crippen molar-refractivity contribution in [1.29, 1.82) is 0 Å². The zero-order valence-corrected chi connectivity index (χ0v) is 20.9. The molecule has 4 rings (SSSR count). The molecule has 0 N–H and O–H groups in total. The first kappa shape index (κ1) is 24.6. The quantitative estimate of drug-likeness (QED) is 0.520. The fourth-order valence-corrected chi connectivity index (χ4v) is 4.89. The summed E-state index contributed by atoms with van der Waals surface area (Å²) >= 11 is 0. The van der Waals surface area contributed by atoms with Gasteiger partial charge in [-0.25, -0.2) is 0 Å². The van der Waals surface area contributed by atoms with Crippen molar-refractivity contribution in [2.45, 2.75) is 51.2 Å². The molecule has 35 heavy (non-hydrogen) atoms. The Morgan fingerprint density at radius 3 is 2.26 bits per heavy atom. The van der Waals surface area contributed by atoms with E-state index in [0.717, 1.165) is 24.0 Å². The molecular formula is C25H31N3O7. The lowest BCUT2D eigenvalue weighted by atomic mass is 9.74. The van der Waals surface area contributed by atoms with Gasteiger partial charge < -0.3 is 28.4 Å². The van der Waals surface area contributed by atoms with Crippen molar-refractivity contribution in [2.24, 2.45) is 4.99 Å². The predicted octanol–water partition coefficient (Wildman–Crippen LogP) is 3.33. The second-order valence-corrected chi connectivity index (χ2v) is 8.32.